The van der Waals surface area contributed by atoms with Gasteiger partial charge in [-0.15, -0.1) is 0 Å². The highest BCUT2D eigenvalue weighted by Crippen LogP contribution is 2.06. The Morgan fingerprint density at radius 1 is 1.47 bits per heavy atom. The molecule has 0 rings (SSSR count). The van der Waals surface area contributed by atoms with Gasteiger partial charge >= 0.3 is 5.97 Å². The molecule has 15 heavy (non-hydrogen) atoms. The Morgan fingerprint density at radius 3 is 2.53 bits per heavy atom. The molecule has 2 N–H and O–H groups in total. The number of ether oxygens (including phenoxy) is 2. The number of rotatable bonds is 7. The summed E-state index contributed by atoms with van der Waals surface area (Å²) in [6, 6.07) is 0. The zero-order valence-corrected chi connectivity index (χ0v) is 10.2. The monoisotopic (exact) mass is 217 g/mol. The highest BCUT2D eigenvalue weighted by atomic mass is 16.5. The summed E-state index contributed by atoms with van der Waals surface area (Å²) >= 11 is 0. The van der Waals surface area contributed by atoms with Crippen LogP contribution in [0.5, 0.6) is 0 Å². The lowest BCUT2D eigenvalue weighted by molar-refractivity contribution is -0.148. The first-order valence-corrected chi connectivity index (χ1v) is 5.35. The normalized spacial score (nSPS) is 15.1. The Kier molecular flexibility index (Phi) is 6.52. The Morgan fingerprint density at radius 2 is 2.07 bits per heavy atom. The number of hydrogen-bond donors (Lipinski definition) is 1. The predicted molar refractivity (Wildman–Crippen MR) is 59.5 cm³/mol. The summed E-state index contributed by atoms with van der Waals surface area (Å²) in [6.07, 6.45) is 2.12. The summed E-state index contributed by atoms with van der Waals surface area (Å²) in [4.78, 5) is 11.2. The number of esters is 1. The van der Waals surface area contributed by atoms with E-state index in [0.717, 1.165) is 12.8 Å². The van der Waals surface area contributed by atoms with Gasteiger partial charge in [-0.05, 0) is 25.7 Å². The summed E-state index contributed by atoms with van der Waals surface area (Å²) in [5.74, 6) is 0.241. The predicted octanol–water partition coefficient (Wildman–Crippen LogP) is 1.33. The third-order valence-electron chi connectivity index (χ3n) is 2.12. The zero-order valence-electron chi connectivity index (χ0n) is 10.2. The van der Waals surface area contributed by atoms with Gasteiger partial charge in [-0.2, -0.15) is 0 Å². The number of carbonyl (C=O) groups excluding carboxylic acids is 1. The molecule has 0 aromatic heterocycles. The van der Waals surface area contributed by atoms with Crippen LogP contribution in [0.4, 0.5) is 0 Å². The van der Waals surface area contributed by atoms with Crippen LogP contribution in [0.2, 0.25) is 0 Å². The maximum absolute atomic E-state index is 11.2. The van der Waals surface area contributed by atoms with Crippen LogP contribution in [0, 0.1) is 5.92 Å². The Balaban J connectivity index is 3.62. The molecule has 0 fully saturated rings. The van der Waals surface area contributed by atoms with Gasteiger partial charge in [0.2, 0.25) is 0 Å². The van der Waals surface area contributed by atoms with Gasteiger partial charge in [-0.1, -0.05) is 13.8 Å². The summed E-state index contributed by atoms with van der Waals surface area (Å²) in [5.41, 5.74) is 4.68. The van der Waals surface area contributed by atoms with E-state index < -0.39 is 11.5 Å². The van der Waals surface area contributed by atoms with Crippen molar-refractivity contribution < 1.29 is 14.3 Å². The smallest absolute Gasteiger partial charge is 0.327 e. The van der Waals surface area contributed by atoms with E-state index in [9.17, 15) is 4.79 Å². The van der Waals surface area contributed by atoms with Crippen LogP contribution < -0.4 is 5.73 Å². The lowest BCUT2D eigenvalue weighted by Crippen LogP contribution is -2.49. The van der Waals surface area contributed by atoms with Crippen molar-refractivity contribution in [2.75, 3.05) is 20.3 Å². The van der Waals surface area contributed by atoms with Crippen molar-refractivity contribution in [3.05, 3.63) is 0 Å². The van der Waals surface area contributed by atoms with Gasteiger partial charge in [0.1, 0.15) is 5.54 Å². The molecule has 0 aliphatic heterocycles. The van der Waals surface area contributed by atoms with E-state index in [2.05, 4.69) is 18.6 Å². The standard InChI is InChI=1S/C11H23NO3/c1-9(2)6-5-7-15-8-11(3,12)10(13)14-4/h9H,5-8,12H2,1-4H3. The quantitative estimate of drug-likeness (QED) is 0.516. The summed E-state index contributed by atoms with van der Waals surface area (Å²) in [5, 5.41) is 0. The van der Waals surface area contributed by atoms with Crippen molar-refractivity contribution in [2.24, 2.45) is 11.7 Å². The van der Waals surface area contributed by atoms with E-state index in [1.165, 1.54) is 7.11 Å². The van der Waals surface area contributed by atoms with Crippen LogP contribution in [-0.2, 0) is 14.3 Å². The van der Waals surface area contributed by atoms with Gasteiger partial charge in [0.15, 0.2) is 0 Å². The van der Waals surface area contributed by atoms with E-state index in [4.69, 9.17) is 10.5 Å². The molecular weight excluding hydrogens is 194 g/mol. The summed E-state index contributed by atoms with van der Waals surface area (Å²) < 4.78 is 9.91. The molecule has 0 aliphatic rings. The van der Waals surface area contributed by atoms with Crippen LogP contribution in [0.25, 0.3) is 0 Å². The van der Waals surface area contributed by atoms with Crippen LogP contribution >= 0.6 is 0 Å². The topological polar surface area (TPSA) is 61.5 Å². The summed E-state index contributed by atoms with van der Waals surface area (Å²) in [6.45, 7) is 6.80. The molecule has 0 spiro atoms. The van der Waals surface area contributed by atoms with E-state index in [1.807, 2.05) is 0 Å². The number of nitrogens with two attached hydrogens (primary N) is 1. The van der Waals surface area contributed by atoms with Crippen molar-refractivity contribution in [2.45, 2.75) is 39.2 Å². The number of methoxy groups -OCH3 is 1. The molecule has 0 amide bonds. The molecule has 0 aromatic rings. The van der Waals surface area contributed by atoms with Gasteiger partial charge in [0.25, 0.3) is 0 Å². The maximum Gasteiger partial charge on any atom is 0.327 e. The van der Waals surface area contributed by atoms with Crippen molar-refractivity contribution >= 4 is 5.97 Å². The molecule has 0 aliphatic carbocycles. The summed E-state index contributed by atoms with van der Waals surface area (Å²) in [7, 11) is 1.33. The number of hydrogen-bond acceptors (Lipinski definition) is 4. The highest BCUT2D eigenvalue weighted by molar-refractivity contribution is 5.80. The van der Waals surface area contributed by atoms with Crippen molar-refractivity contribution in [1.29, 1.82) is 0 Å². The van der Waals surface area contributed by atoms with Crippen LogP contribution in [-0.4, -0.2) is 31.8 Å². The van der Waals surface area contributed by atoms with Crippen LogP contribution in [0.3, 0.4) is 0 Å². The van der Waals surface area contributed by atoms with Gasteiger partial charge in [0.05, 0.1) is 13.7 Å². The Labute approximate surface area is 92.1 Å². The SMILES string of the molecule is COC(=O)C(C)(N)COCCCC(C)C. The lowest BCUT2D eigenvalue weighted by atomic mass is 10.1. The first-order valence-electron chi connectivity index (χ1n) is 5.35. The molecular formula is C11H23NO3. The van der Waals surface area contributed by atoms with Crippen molar-refractivity contribution in [1.82, 2.24) is 0 Å². The number of carbonyl (C=O) groups is 1. The Bertz CT molecular complexity index is 190. The average molecular weight is 217 g/mol. The molecule has 1 unspecified atom stereocenters. The molecule has 0 radical (unpaired) electrons. The molecule has 0 saturated carbocycles. The molecule has 0 bridgehead atoms. The first-order chi connectivity index (χ1) is 6.90. The van der Waals surface area contributed by atoms with E-state index in [0.29, 0.717) is 12.5 Å². The third kappa shape index (κ3) is 6.47. The second-order valence-electron chi connectivity index (χ2n) is 4.50. The van der Waals surface area contributed by atoms with E-state index in [-0.39, 0.29) is 6.61 Å². The molecule has 1 atom stereocenters. The van der Waals surface area contributed by atoms with Crippen molar-refractivity contribution in [3.63, 3.8) is 0 Å². The van der Waals surface area contributed by atoms with Crippen molar-refractivity contribution in [3.8, 4) is 0 Å². The second-order valence-corrected chi connectivity index (χ2v) is 4.50. The molecule has 4 heteroatoms. The maximum atomic E-state index is 11.2. The van der Waals surface area contributed by atoms with Gasteiger partial charge < -0.3 is 15.2 Å². The molecule has 4 nitrogen and oxygen atoms in total. The second kappa shape index (κ2) is 6.80. The van der Waals surface area contributed by atoms with Gasteiger partial charge in [-0.3, -0.25) is 0 Å². The highest BCUT2D eigenvalue weighted by Gasteiger charge is 2.29. The Hall–Kier alpha value is -0.610. The minimum absolute atomic E-state index is 0.206. The minimum Gasteiger partial charge on any atom is -0.468 e. The zero-order chi connectivity index (χ0) is 11.9. The fourth-order valence-electron chi connectivity index (χ4n) is 1.17. The van der Waals surface area contributed by atoms with E-state index >= 15 is 0 Å². The fourth-order valence-corrected chi connectivity index (χ4v) is 1.17. The van der Waals surface area contributed by atoms with Crippen LogP contribution in [0.1, 0.15) is 33.6 Å². The lowest BCUT2D eigenvalue weighted by Gasteiger charge is -2.21. The molecule has 0 aromatic carbocycles. The molecule has 0 saturated heterocycles. The largest absolute Gasteiger partial charge is 0.468 e. The van der Waals surface area contributed by atoms with E-state index in [1.54, 1.807) is 6.92 Å². The fraction of sp³-hybridized carbons (Fsp3) is 0.909. The molecule has 90 valence electrons. The van der Waals surface area contributed by atoms with Crippen LogP contribution in [0.15, 0.2) is 0 Å². The van der Waals surface area contributed by atoms with Gasteiger partial charge in [0, 0.05) is 6.61 Å². The average Bonchev–Trinajstić information content (AvgIpc) is 2.15. The third-order valence-corrected chi connectivity index (χ3v) is 2.12. The first kappa shape index (κ1) is 14.4. The minimum atomic E-state index is -1.04. The van der Waals surface area contributed by atoms with Gasteiger partial charge in [-0.25, -0.2) is 4.79 Å². The molecule has 0 heterocycles.